The fourth-order valence-corrected chi connectivity index (χ4v) is 2.98. The normalized spacial score (nSPS) is 11.0. The van der Waals surface area contributed by atoms with Crippen LogP contribution in [0.5, 0.6) is 0 Å². The second-order valence-electron chi connectivity index (χ2n) is 6.81. The zero-order valence-electron chi connectivity index (χ0n) is 16.7. The van der Waals surface area contributed by atoms with Crippen LogP contribution in [0.25, 0.3) is 0 Å². The first-order valence-corrected chi connectivity index (χ1v) is 9.58. The summed E-state index contributed by atoms with van der Waals surface area (Å²) in [5.41, 5.74) is -0.0836. The van der Waals surface area contributed by atoms with Gasteiger partial charge in [0.1, 0.15) is 0 Å². The lowest BCUT2D eigenvalue weighted by atomic mass is 10.1. The van der Waals surface area contributed by atoms with Crippen LogP contribution in [0.4, 0.5) is 29.3 Å². The second-order valence-corrected chi connectivity index (χ2v) is 6.81. The summed E-state index contributed by atoms with van der Waals surface area (Å²) in [7, 11) is 0. The maximum atomic E-state index is 13.6. The van der Waals surface area contributed by atoms with Gasteiger partial charge in [-0.1, -0.05) is 42.5 Å². The van der Waals surface area contributed by atoms with Crippen molar-refractivity contribution in [2.75, 3.05) is 10.6 Å². The number of aliphatic hydroxyl groups is 1. The lowest BCUT2D eigenvalue weighted by Crippen LogP contribution is -2.29. The second kappa shape index (κ2) is 9.97. The van der Waals surface area contributed by atoms with Crippen molar-refractivity contribution in [3.05, 3.63) is 95.1 Å². The minimum atomic E-state index is -4.76. The van der Waals surface area contributed by atoms with Crippen LogP contribution < -0.4 is 16.0 Å². The molecule has 0 aromatic heterocycles. The van der Waals surface area contributed by atoms with E-state index in [1.807, 2.05) is 0 Å². The molecule has 3 rings (SSSR count). The van der Waals surface area contributed by atoms with E-state index in [2.05, 4.69) is 16.0 Å². The van der Waals surface area contributed by atoms with E-state index in [-0.39, 0.29) is 18.8 Å². The van der Waals surface area contributed by atoms with E-state index in [0.717, 1.165) is 12.1 Å². The third-order valence-corrected chi connectivity index (χ3v) is 4.60. The van der Waals surface area contributed by atoms with Gasteiger partial charge in [-0.05, 0) is 41.5 Å². The van der Waals surface area contributed by atoms with E-state index in [1.54, 1.807) is 42.5 Å². The Morgan fingerprint density at radius 2 is 1.50 bits per heavy atom. The molecule has 0 unspecified atom stereocenters. The summed E-state index contributed by atoms with van der Waals surface area (Å²) in [6, 6.07) is 17.1. The van der Waals surface area contributed by atoms with E-state index in [0.29, 0.717) is 16.7 Å². The summed E-state index contributed by atoms with van der Waals surface area (Å²) in [6.45, 7) is -0.205. The van der Waals surface area contributed by atoms with E-state index >= 15 is 0 Å². The summed E-state index contributed by atoms with van der Waals surface area (Å²) in [5, 5.41) is 16.4. The van der Waals surface area contributed by atoms with Gasteiger partial charge in [-0.3, -0.25) is 4.79 Å². The van der Waals surface area contributed by atoms with Crippen molar-refractivity contribution in [1.82, 2.24) is 5.32 Å². The highest BCUT2D eigenvalue weighted by molar-refractivity contribution is 6.04. The Hall–Kier alpha value is -3.85. The van der Waals surface area contributed by atoms with Crippen molar-refractivity contribution in [2.24, 2.45) is 0 Å². The van der Waals surface area contributed by atoms with Gasteiger partial charge in [-0.15, -0.1) is 0 Å². The van der Waals surface area contributed by atoms with Crippen LogP contribution in [0.2, 0.25) is 0 Å². The predicted molar refractivity (Wildman–Crippen MR) is 114 cm³/mol. The fraction of sp³-hybridized carbons (Fsp3) is 0.130. The quantitative estimate of drug-likeness (QED) is 0.442. The predicted octanol–water partition coefficient (Wildman–Crippen LogP) is 4.77. The number of carbonyl (C=O) groups excluding carboxylic acids is 2. The van der Waals surface area contributed by atoms with Gasteiger partial charge in [0.05, 0.1) is 17.9 Å². The van der Waals surface area contributed by atoms with Crippen LogP contribution >= 0.6 is 0 Å². The molecule has 3 amide bonds. The Labute approximate surface area is 182 Å². The summed E-state index contributed by atoms with van der Waals surface area (Å²) in [6.07, 6.45) is -4.76. The van der Waals surface area contributed by atoms with Gasteiger partial charge in [-0.25, -0.2) is 4.79 Å². The first kappa shape index (κ1) is 22.8. The summed E-state index contributed by atoms with van der Waals surface area (Å²) < 4.78 is 40.7. The average Bonchev–Trinajstić information content (AvgIpc) is 2.78. The Balaban J connectivity index is 1.73. The molecule has 0 aliphatic heterocycles. The third kappa shape index (κ3) is 5.86. The monoisotopic (exact) mass is 443 g/mol. The molecule has 166 valence electrons. The number of hydrogen-bond donors (Lipinski definition) is 4. The van der Waals surface area contributed by atoms with Crippen LogP contribution in [0.3, 0.4) is 0 Å². The Morgan fingerprint density at radius 3 is 2.16 bits per heavy atom. The molecule has 0 heterocycles. The van der Waals surface area contributed by atoms with Crippen LogP contribution in [0.1, 0.15) is 27.0 Å². The third-order valence-electron chi connectivity index (χ3n) is 4.60. The molecule has 0 fully saturated rings. The maximum absolute atomic E-state index is 13.6. The Bertz CT molecular complexity index is 1100. The number of halogens is 3. The van der Waals surface area contributed by atoms with E-state index in [4.69, 9.17) is 0 Å². The van der Waals surface area contributed by atoms with Gasteiger partial charge >= 0.3 is 12.2 Å². The van der Waals surface area contributed by atoms with E-state index in [9.17, 15) is 27.9 Å². The minimum Gasteiger partial charge on any atom is -0.392 e. The average molecular weight is 443 g/mol. The minimum absolute atomic E-state index is 0.0230. The number of hydrogen-bond acceptors (Lipinski definition) is 3. The molecule has 0 atom stereocenters. The van der Waals surface area contributed by atoms with Crippen molar-refractivity contribution in [2.45, 2.75) is 19.3 Å². The molecule has 0 bridgehead atoms. The van der Waals surface area contributed by atoms with Gasteiger partial charge in [0.15, 0.2) is 0 Å². The molecule has 0 spiro atoms. The zero-order chi connectivity index (χ0) is 23.1. The number of urea groups is 1. The van der Waals surface area contributed by atoms with Crippen molar-refractivity contribution in [1.29, 1.82) is 0 Å². The number of rotatable bonds is 6. The molecule has 32 heavy (non-hydrogen) atoms. The first-order chi connectivity index (χ1) is 15.3. The van der Waals surface area contributed by atoms with Crippen molar-refractivity contribution in [3.63, 3.8) is 0 Å². The number of anilines is 2. The lowest BCUT2D eigenvalue weighted by Gasteiger charge is -2.16. The van der Waals surface area contributed by atoms with Crippen LogP contribution in [0, 0.1) is 0 Å². The highest BCUT2D eigenvalue weighted by atomic mass is 19.4. The van der Waals surface area contributed by atoms with Crippen LogP contribution in [-0.4, -0.2) is 17.0 Å². The largest absolute Gasteiger partial charge is 0.418 e. The number of carbonyl (C=O) groups is 2. The molecule has 0 saturated carbocycles. The SMILES string of the molecule is O=C(NCc1ccccc1CO)Nc1ccc(NC(=O)c2ccccc2)cc1C(F)(F)F. The summed E-state index contributed by atoms with van der Waals surface area (Å²) in [4.78, 5) is 24.4. The molecule has 0 radical (unpaired) electrons. The standard InChI is InChI=1S/C23H20F3N3O3/c24-23(25,26)19-12-18(28-21(31)15-6-2-1-3-7-15)10-11-20(19)29-22(32)27-13-16-8-4-5-9-17(16)14-30/h1-12,30H,13-14H2,(H,28,31)(H2,27,29,32). The molecule has 0 aliphatic carbocycles. The Morgan fingerprint density at radius 1 is 0.844 bits per heavy atom. The van der Waals surface area contributed by atoms with Gasteiger partial charge in [0.2, 0.25) is 0 Å². The molecular formula is C23H20F3N3O3. The van der Waals surface area contributed by atoms with Crippen molar-refractivity contribution >= 4 is 23.3 Å². The molecule has 9 heteroatoms. The topological polar surface area (TPSA) is 90.5 Å². The highest BCUT2D eigenvalue weighted by Gasteiger charge is 2.34. The Kier molecular flexibility index (Phi) is 7.11. The highest BCUT2D eigenvalue weighted by Crippen LogP contribution is 2.36. The van der Waals surface area contributed by atoms with Crippen LogP contribution in [0.15, 0.2) is 72.8 Å². The molecule has 4 N–H and O–H groups in total. The molecule has 3 aromatic rings. The molecule has 0 aliphatic rings. The van der Waals surface area contributed by atoms with Gasteiger partial charge < -0.3 is 21.1 Å². The van der Waals surface area contributed by atoms with Crippen molar-refractivity contribution in [3.8, 4) is 0 Å². The van der Waals surface area contributed by atoms with Gasteiger partial charge in [0, 0.05) is 17.8 Å². The fourth-order valence-electron chi connectivity index (χ4n) is 2.98. The van der Waals surface area contributed by atoms with Crippen molar-refractivity contribution < 1.29 is 27.9 Å². The number of nitrogens with one attached hydrogen (secondary N) is 3. The number of amides is 3. The number of aliphatic hydroxyl groups excluding tert-OH is 1. The van der Waals surface area contributed by atoms with E-state index < -0.39 is 29.4 Å². The maximum Gasteiger partial charge on any atom is 0.418 e. The molecule has 6 nitrogen and oxygen atoms in total. The summed E-state index contributed by atoms with van der Waals surface area (Å²) in [5.74, 6) is -0.556. The molecule has 3 aromatic carbocycles. The van der Waals surface area contributed by atoms with Gasteiger partial charge in [-0.2, -0.15) is 13.2 Å². The smallest absolute Gasteiger partial charge is 0.392 e. The summed E-state index contributed by atoms with van der Waals surface area (Å²) >= 11 is 0. The number of benzene rings is 3. The first-order valence-electron chi connectivity index (χ1n) is 9.58. The molecule has 0 saturated heterocycles. The molecular weight excluding hydrogens is 423 g/mol. The zero-order valence-corrected chi connectivity index (χ0v) is 16.7. The van der Waals surface area contributed by atoms with Crippen LogP contribution in [-0.2, 0) is 19.3 Å². The lowest BCUT2D eigenvalue weighted by molar-refractivity contribution is -0.136. The van der Waals surface area contributed by atoms with E-state index in [1.165, 1.54) is 18.2 Å². The van der Waals surface area contributed by atoms with Gasteiger partial charge in [0.25, 0.3) is 5.91 Å². The number of alkyl halides is 3.